The number of esters is 1. The molecule has 5 nitrogen and oxygen atoms in total. The Morgan fingerprint density at radius 1 is 1.06 bits per heavy atom. The highest BCUT2D eigenvalue weighted by Crippen LogP contribution is 2.41. The van der Waals surface area contributed by atoms with E-state index in [1.165, 1.54) is 11.8 Å². The second-order valence-corrected chi connectivity index (χ2v) is 9.23. The zero-order valence-electron chi connectivity index (χ0n) is 19.3. The molecule has 0 saturated carbocycles. The maximum atomic E-state index is 12.7. The fourth-order valence-corrected chi connectivity index (χ4v) is 4.49. The largest absolute Gasteiger partial charge is 0.506 e. The van der Waals surface area contributed by atoms with Crippen molar-refractivity contribution in [3.63, 3.8) is 0 Å². The molecule has 35 heavy (non-hydrogen) atoms. The third-order valence-electron chi connectivity index (χ3n) is 5.15. The van der Waals surface area contributed by atoms with Gasteiger partial charge in [-0.3, -0.25) is 0 Å². The highest BCUT2D eigenvalue weighted by molar-refractivity contribution is 8.18. The van der Waals surface area contributed by atoms with Crippen LogP contribution in [0.2, 0.25) is 5.02 Å². The fourth-order valence-electron chi connectivity index (χ4n) is 3.34. The summed E-state index contributed by atoms with van der Waals surface area (Å²) in [7, 11) is 0. The first-order valence-electron chi connectivity index (χ1n) is 11.1. The first kappa shape index (κ1) is 24.6. The molecule has 0 saturated heterocycles. The third kappa shape index (κ3) is 6.15. The number of benzene rings is 3. The van der Waals surface area contributed by atoms with Gasteiger partial charge in [-0.05, 0) is 55.8 Å². The quantitative estimate of drug-likeness (QED) is 0.338. The Morgan fingerprint density at radius 2 is 1.77 bits per heavy atom. The number of hydrogen-bond donors (Lipinski definition) is 1. The van der Waals surface area contributed by atoms with Gasteiger partial charge >= 0.3 is 5.97 Å². The average molecular weight is 506 g/mol. The van der Waals surface area contributed by atoms with E-state index in [-0.39, 0.29) is 17.9 Å². The number of carbonyl (C=O) groups is 1. The SMILES string of the molecule is CCOC(=O)C1=C(O)/C(=C/c2ccccc2OCc2ccc(Cl)cc2)SC1=Nc1ccc(C)cc1. The van der Waals surface area contributed by atoms with Crippen molar-refractivity contribution in [2.75, 3.05) is 6.61 Å². The lowest BCUT2D eigenvalue weighted by Crippen LogP contribution is -2.12. The van der Waals surface area contributed by atoms with Gasteiger partial charge in [-0.1, -0.05) is 71.4 Å². The zero-order chi connectivity index (χ0) is 24.8. The second kappa shape index (κ2) is 11.3. The Bertz CT molecular complexity index is 1310. The lowest BCUT2D eigenvalue weighted by molar-refractivity contribution is -0.138. The van der Waals surface area contributed by atoms with Crippen molar-refractivity contribution in [1.82, 2.24) is 0 Å². The summed E-state index contributed by atoms with van der Waals surface area (Å²) in [6.45, 7) is 4.27. The second-order valence-electron chi connectivity index (χ2n) is 7.76. The Labute approximate surface area is 213 Å². The molecule has 0 unspecified atom stereocenters. The number of aliphatic hydroxyl groups is 1. The van der Waals surface area contributed by atoms with E-state index in [1.807, 2.05) is 79.7 Å². The lowest BCUT2D eigenvalue weighted by atomic mass is 10.1. The van der Waals surface area contributed by atoms with Crippen LogP contribution >= 0.6 is 23.4 Å². The van der Waals surface area contributed by atoms with Crippen LogP contribution in [0.15, 0.2) is 94.0 Å². The highest BCUT2D eigenvalue weighted by atomic mass is 35.5. The van der Waals surface area contributed by atoms with Gasteiger partial charge in [0.2, 0.25) is 0 Å². The zero-order valence-corrected chi connectivity index (χ0v) is 20.9. The van der Waals surface area contributed by atoms with Crippen LogP contribution < -0.4 is 4.74 Å². The minimum absolute atomic E-state index is 0.0586. The highest BCUT2D eigenvalue weighted by Gasteiger charge is 2.33. The van der Waals surface area contributed by atoms with Gasteiger partial charge < -0.3 is 14.6 Å². The van der Waals surface area contributed by atoms with Crippen molar-refractivity contribution in [3.8, 4) is 5.75 Å². The molecule has 4 rings (SSSR count). The van der Waals surface area contributed by atoms with E-state index in [4.69, 9.17) is 21.1 Å². The molecule has 0 atom stereocenters. The maximum absolute atomic E-state index is 12.7. The number of aryl methyl sites for hydroxylation is 1. The van der Waals surface area contributed by atoms with Crippen molar-refractivity contribution < 1.29 is 19.4 Å². The molecule has 0 aliphatic carbocycles. The van der Waals surface area contributed by atoms with Gasteiger partial charge in [-0.15, -0.1) is 0 Å². The monoisotopic (exact) mass is 505 g/mol. The first-order valence-corrected chi connectivity index (χ1v) is 12.3. The number of halogens is 1. The van der Waals surface area contributed by atoms with Gasteiger partial charge in [-0.2, -0.15) is 0 Å². The van der Waals surface area contributed by atoms with Gasteiger partial charge in [0.1, 0.15) is 28.7 Å². The molecule has 3 aromatic carbocycles. The van der Waals surface area contributed by atoms with E-state index >= 15 is 0 Å². The average Bonchev–Trinajstić information content (AvgIpc) is 3.15. The number of para-hydroxylation sites is 1. The molecule has 1 heterocycles. The molecule has 3 aromatic rings. The Kier molecular flexibility index (Phi) is 7.95. The van der Waals surface area contributed by atoms with Crippen LogP contribution in [0.5, 0.6) is 5.75 Å². The van der Waals surface area contributed by atoms with E-state index in [0.717, 1.165) is 16.7 Å². The molecule has 0 amide bonds. The van der Waals surface area contributed by atoms with E-state index in [2.05, 4.69) is 4.99 Å². The molecule has 0 spiro atoms. The first-order chi connectivity index (χ1) is 16.9. The maximum Gasteiger partial charge on any atom is 0.344 e. The number of aliphatic imine (C=N–C) groups is 1. The van der Waals surface area contributed by atoms with Crippen LogP contribution in [0.1, 0.15) is 23.6 Å². The Morgan fingerprint density at radius 3 is 2.49 bits per heavy atom. The van der Waals surface area contributed by atoms with Crippen LogP contribution in [0.4, 0.5) is 5.69 Å². The number of hydrogen-bond acceptors (Lipinski definition) is 6. The molecule has 7 heteroatoms. The number of ether oxygens (including phenoxy) is 2. The molecule has 0 aromatic heterocycles. The molecule has 1 aliphatic rings. The van der Waals surface area contributed by atoms with Crippen LogP contribution in [-0.4, -0.2) is 22.7 Å². The van der Waals surface area contributed by atoms with Crippen molar-refractivity contribution in [3.05, 3.63) is 111 Å². The molecule has 178 valence electrons. The smallest absolute Gasteiger partial charge is 0.344 e. The summed E-state index contributed by atoms with van der Waals surface area (Å²) in [6.07, 6.45) is 1.79. The van der Waals surface area contributed by atoms with E-state index in [9.17, 15) is 9.90 Å². The third-order valence-corrected chi connectivity index (χ3v) is 6.42. The summed E-state index contributed by atoms with van der Waals surface area (Å²) in [5.41, 5.74) is 3.58. The summed E-state index contributed by atoms with van der Waals surface area (Å²) in [5, 5.41) is 12.0. The van der Waals surface area contributed by atoms with E-state index < -0.39 is 5.97 Å². The van der Waals surface area contributed by atoms with Crippen molar-refractivity contribution in [1.29, 1.82) is 0 Å². The van der Waals surface area contributed by atoms with Gasteiger partial charge in [0.05, 0.1) is 17.2 Å². The number of carbonyl (C=O) groups excluding carboxylic acids is 1. The molecule has 0 bridgehead atoms. The minimum Gasteiger partial charge on any atom is -0.506 e. The Hall–Kier alpha value is -3.48. The molecule has 0 radical (unpaired) electrons. The number of aliphatic hydroxyl groups excluding tert-OH is 1. The lowest BCUT2D eigenvalue weighted by Gasteiger charge is -2.10. The number of thioether (sulfide) groups is 1. The van der Waals surface area contributed by atoms with Crippen LogP contribution in [-0.2, 0) is 16.1 Å². The summed E-state index contributed by atoms with van der Waals surface area (Å²) >= 11 is 7.18. The summed E-state index contributed by atoms with van der Waals surface area (Å²) in [4.78, 5) is 17.8. The van der Waals surface area contributed by atoms with Crippen LogP contribution in [0, 0.1) is 6.92 Å². The Balaban J connectivity index is 1.65. The molecule has 1 aliphatic heterocycles. The minimum atomic E-state index is -0.612. The van der Waals surface area contributed by atoms with Gasteiger partial charge in [0, 0.05) is 10.6 Å². The summed E-state index contributed by atoms with van der Waals surface area (Å²) in [5.74, 6) is -0.129. The predicted molar refractivity (Wildman–Crippen MR) is 142 cm³/mol. The molecular weight excluding hydrogens is 482 g/mol. The van der Waals surface area contributed by atoms with E-state index in [1.54, 1.807) is 13.0 Å². The molecular formula is C28H24ClNO4S. The topological polar surface area (TPSA) is 68.1 Å². The van der Waals surface area contributed by atoms with Crippen LogP contribution in [0.3, 0.4) is 0 Å². The number of nitrogens with zero attached hydrogens (tertiary/aromatic N) is 1. The van der Waals surface area contributed by atoms with Crippen LogP contribution in [0.25, 0.3) is 6.08 Å². The van der Waals surface area contributed by atoms with Crippen molar-refractivity contribution in [2.45, 2.75) is 20.5 Å². The van der Waals surface area contributed by atoms with Crippen molar-refractivity contribution in [2.24, 2.45) is 4.99 Å². The summed E-state index contributed by atoms with van der Waals surface area (Å²) in [6, 6.07) is 22.6. The molecule has 1 N–H and O–H groups in total. The van der Waals surface area contributed by atoms with Gasteiger partial charge in [0.15, 0.2) is 0 Å². The number of rotatable bonds is 7. The van der Waals surface area contributed by atoms with Gasteiger partial charge in [0.25, 0.3) is 0 Å². The predicted octanol–water partition coefficient (Wildman–Crippen LogP) is 7.42. The van der Waals surface area contributed by atoms with Gasteiger partial charge in [-0.25, -0.2) is 9.79 Å². The normalized spacial score (nSPS) is 15.6. The van der Waals surface area contributed by atoms with E-state index in [0.29, 0.717) is 33.0 Å². The van der Waals surface area contributed by atoms with Crippen molar-refractivity contribution >= 4 is 46.1 Å². The standard InChI is InChI=1S/C28H24ClNO4S/c1-3-33-28(32)25-26(31)24(35-27(25)30-22-14-8-18(2)9-15-22)16-20-6-4-5-7-23(20)34-17-19-10-12-21(29)13-11-19/h4-16,31H,3,17H2,1-2H3/b24-16-,30-27?. The fraction of sp³-hybridized carbons (Fsp3) is 0.143. The molecule has 0 fully saturated rings. The summed E-state index contributed by atoms with van der Waals surface area (Å²) < 4.78 is 11.2.